The van der Waals surface area contributed by atoms with Crippen LogP contribution in [0.4, 0.5) is 4.79 Å². The van der Waals surface area contributed by atoms with Crippen LogP contribution >= 0.6 is 11.6 Å². The highest BCUT2D eigenvalue weighted by atomic mass is 35.5. The number of aromatic amines is 1. The van der Waals surface area contributed by atoms with Crippen molar-refractivity contribution in [2.24, 2.45) is 0 Å². The number of benzene rings is 1. The number of aromatic nitrogens is 1. The van der Waals surface area contributed by atoms with Crippen molar-refractivity contribution in [3.05, 3.63) is 35.0 Å². The first kappa shape index (κ1) is 12.4. The van der Waals surface area contributed by atoms with Gasteiger partial charge in [-0.25, -0.2) is 4.79 Å². The minimum absolute atomic E-state index is 0.0249. The molecule has 0 bridgehead atoms. The lowest BCUT2D eigenvalue weighted by molar-refractivity contribution is 0.170. The number of hydrogen-bond acceptors (Lipinski definition) is 2. The van der Waals surface area contributed by atoms with Crippen molar-refractivity contribution in [1.29, 1.82) is 0 Å². The Hall–Kier alpha value is -1.68. The van der Waals surface area contributed by atoms with Crippen LogP contribution in [0.3, 0.4) is 0 Å². The van der Waals surface area contributed by atoms with Crippen LogP contribution in [-0.2, 0) is 10.2 Å². The van der Waals surface area contributed by atoms with Crippen LogP contribution in [0.2, 0.25) is 5.02 Å². The van der Waals surface area contributed by atoms with E-state index < -0.39 is 0 Å². The average molecular weight is 279 g/mol. The van der Waals surface area contributed by atoms with E-state index in [1.165, 1.54) is 12.7 Å². The highest BCUT2D eigenvalue weighted by Gasteiger charge is 2.45. The Bertz CT molecular complexity index is 631. The van der Waals surface area contributed by atoms with E-state index in [2.05, 4.69) is 15.0 Å². The molecule has 0 atom stereocenters. The van der Waals surface area contributed by atoms with Gasteiger partial charge >= 0.3 is 6.09 Å². The van der Waals surface area contributed by atoms with Crippen LogP contribution in [-0.4, -0.2) is 24.7 Å². The molecule has 2 aromatic rings. The predicted octanol–water partition coefficient (Wildman–Crippen LogP) is 3.21. The Kier molecular flexibility index (Phi) is 2.90. The molecule has 1 saturated carbocycles. The molecule has 0 unspecified atom stereocenters. The standard InChI is InChI=1S/C14H15ClN2O2/c1-19-13(18)17-8-14(4-5-14)11-7-16-12-3-2-9(15)6-10(11)12/h2-3,6-7,16H,4-5,8H2,1H3,(H,17,18). The van der Waals surface area contributed by atoms with Crippen molar-refractivity contribution in [2.75, 3.05) is 13.7 Å². The molecule has 1 amide bonds. The fourth-order valence-corrected chi connectivity index (χ4v) is 2.71. The molecule has 1 aliphatic carbocycles. The molecule has 100 valence electrons. The second-order valence-corrected chi connectivity index (χ2v) is 5.45. The maximum absolute atomic E-state index is 11.2. The van der Waals surface area contributed by atoms with E-state index in [1.807, 2.05) is 24.4 Å². The quantitative estimate of drug-likeness (QED) is 0.906. The van der Waals surface area contributed by atoms with Gasteiger partial charge < -0.3 is 15.0 Å². The molecular weight excluding hydrogens is 264 g/mol. The molecule has 1 aromatic carbocycles. The number of rotatable bonds is 3. The maximum Gasteiger partial charge on any atom is 0.406 e. The molecule has 3 rings (SSSR count). The van der Waals surface area contributed by atoms with Crippen LogP contribution in [0, 0.1) is 0 Å². The summed E-state index contributed by atoms with van der Waals surface area (Å²) < 4.78 is 4.62. The molecule has 0 aliphatic heterocycles. The van der Waals surface area contributed by atoms with E-state index in [-0.39, 0.29) is 11.5 Å². The molecule has 0 saturated heterocycles. The van der Waals surface area contributed by atoms with Crippen molar-refractivity contribution in [2.45, 2.75) is 18.3 Å². The summed E-state index contributed by atoms with van der Waals surface area (Å²) in [5.41, 5.74) is 2.32. The van der Waals surface area contributed by atoms with Gasteiger partial charge in [-0.3, -0.25) is 0 Å². The van der Waals surface area contributed by atoms with E-state index in [1.54, 1.807) is 0 Å². The summed E-state index contributed by atoms with van der Waals surface area (Å²) in [6, 6.07) is 5.82. The summed E-state index contributed by atoms with van der Waals surface area (Å²) in [5, 5.41) is 4.66. The van der Waals surface area contributed by atoms with E-state index in [0.717, 1.165) is 28.8 Å². The normalized spacial score (nSPS) is 16.3. The van der Waals surface area contributed by atoms with Gasteiger partial charge in [0.25, 0.3) is 0 Å². The van der Waals surface area contributed by atoms with Gasteiger partial charge in [0, 0.05) is 34.1 Å². The number of fused-ring (bicyclic) bond motifs is 1. The second kappa shape index (κ2) is 4.46. The number of nitrogens with one attached hydrogen (secondary N) is 2. The molecule has 0 spiro atoms. The van der Waals surface area contributed by atoms with Crippen molar-refractivity contribution < 1.29 is 9.53 Å². The summed E-state index contributed by atoms with van der Waals surface area (Å²) in [4.78, 5) is 14.5. The Morgan fingerprint density at radius 3 is 3.00 bits per heavy atom. The fourth-order valence-electron chi connectivity index (χ4n) is 2.54. The van der Waals surface area contributed by atoms with Crippen molar-refractivity contribution in [3.8, 4) is 0 Å². The van der Waals surface area contributed by atoms with Gasteiger partial charge in [-0.2, -0.15) is 0 Å². The highest BCUT2D eigenvalue weighted by molar-refractivity contribution is 6.31. The van der Waals surface area contributed by atoms with Gasteiger partial charge in [0.15, 0.2) is 0 Å². The Morgan fingerprint density at radius 2 is 2.32 bits per heavy atom. The third-order valence-electron chi connectivity index (χ3n) is 3.83. The third-order valence-corrected chi connectivity index (χ3v) is 4.06. The summed E-state index contributed by atoms with van der Waals surface area (Å²) >= 11 is 6.06. The lowest BCUT2D eigenvalue weighted by Gasteiger charge is -2.15. The SMILES string of the molecule is COC(=O)NCC1(c2c[nH]c3ccc(Cl)cc23)CC1. The zero-order chi connectivity index (χ0) is 13.5. The molecule has 1 aromatic heterocycles. The highest BCUT2D eigenvalue weighted by Crippen LogP contribution is 2.50. The Balaban J connectivity index is 1.91. The number of methoxy groups -OCH3 is 1. The van der Waals surface area contributed by atoms with Gasteiger partial charge in [-0.05, 0) is 36.6 Å². The lowest BCUT2D eigenvalue weighted by atomic mass is 9.95. The summed E-state index contributed by atoms with van der Waals surface area (Å²) in [6.07, 6.45) is 3.77. The van der Waals surface area contributed by atoms with Gasteiger partial charge in [-0.15, -0.1) is 0 Å². The predicted molar refractivity (Wildman–Crippen MR) is 74.6 cm³/mol. The number of amides is 1. The summed E-state index contributed by atoms with van der Waals surface area (Å²) in [6.45, 7) is 0.596. The first-order valence-corrected chi connectivity index (χ1v) is 6.61. The number of H-pyrrole nitrogens is 1. The minimum Gasteiger partial charge on any atom is -0.453 e. The molecule has 1 heterocycles. The van der Waals surface area contributed by atoms with Crippen molar-refractivity contribution in [3.63, 3.8) is 0 Å². The monoisotopic (exact) mass is 278 g/mol. The molecule has 1 fully saturated rings. The first-order valence-electron chi connectivity index (χ1n) is 6.24. The number of halogens is 1. The van der Waals surface area contributed by atoms with Crippen molar-refractivity contribution in [1.82, 2.24) is 10.3 Å². The summed E-state index contributed by atoms with van der Waals surface area (Å²) in [7, 11) is 1.38. The molecule has 4 nitrogen and oxygen atoms in total. The fraction of sp³-hybridized carbons (Fsp3) is 0.357. The van der Waals surface area contributed by atoms with Crippen LogP contribution in [0.25, 0.3) is 10.9 Å². The molecular formula is C14H15ClN2O2. The summed E-state index contributed by atoms with van der Waals surface area (Å²) in [5.74, 6) is 0. The molecule has 0 radical (unpaired) electrons. The smallest absolute Gasteiger partial charge is 0.406 e. The lowest BCUT2D eigenvalue weighted by Crippen LogP contribution is -2.31. The topological polar surface area (TPSA) is 54.1 Å². The van der Waals surface area contributed by atoms with Crippen LogP contribution in [0.5, 0.6) is 0 Å². The van der Waals surface area contributed by atoms with Gasteiger partial charge in [0.1, 0.15) is 0 Å². The van der Waals surface area contributed by atoms with E-state index in [0.29, 0.717) is 6.54 Å². The second-order valence-electron chi connectivity index (χ2n) is 5.02. The number of ether oxygens (including phenoxy) is 1. The zero-order valence-electron chi connectivity index (χ0n) is 10.6. The first-order chi connectivity index (χ1) is 9.14. The third kappa shape index (κ3) is 2.16. The molecule has 1 aliphatic rings. The Morgan fingerprint density at radius 1 is 1.53 bits per heavy atom. The number of carbonyl (C=O) groups excluding carboxylic acids is 1. The zero-order valence-corrected chi connectivity index (χ0v) is 11.4. The van der Waals surface area contributed by atoms with E-state index in [9.17, 15) is 4.79 Å². The molecule has 5 heteroatoms. The van der Waals surface area contributed by atoms with E-state index >= 15 is 0 Å². The minimum atomic E-state index is -0.385. The number of alkyl carbamates (subject to hydrolysis) is 1. The van der Waals surface area contributed by atoms with Gasteiger partial charge in [0.2, 0.25) is 0 Å². The molecule has 2 N–H and O–H groups in total. The van der Waals surface area contributed by atoms with Crippen LogP contribution in [0.15, 0.2) is 24.4 Å². The average Bonchev–Trinajstić information content (AvgIpc) is 3.09. The molecule has 19 heavy (non-hydrogen) atoms. The Labute approximate surface area is 116 Å². The van der Waals surface area contributed by atoms with E-state index in [4.69, 9.17) is 11.6 Å². The maximum atomic E-state index is 11.2. The largest absolute Gasteiger partial charge is 0.453 e. The number of hydrogen-bond donors (Lipinski definition) is 2. The van der Waals surface area contributed by atoms with Crippen LogP contribution in [0.1, 0.15) is 18.4 Å². The van der Waals surface area contributed by atoms with Gasteiger partial charge in [-0.1, -0.05) is 11.6 Å². The van der Waals surface area contributed by atoms with Gasteiger partial charge in [0.05, 0.1) is 7.11 Å². The number of carbonyl (C=O) groups is 1. The van der Waals surface area contributed by atoms with Crippen LogP contribution < -0.4 is 5.32 Å². The van der Waals surface area contributed by atoms with Crippen molar-refractivity contribution >= 4 is 28.6 Å².